The van der Waals surface area contributed by atoms with E-state index in [1.807, 2.05) is 0 Å². The van der Waals surface area contributed by atoms with Crippen molar-refractivity contribution in [2.24, 2.45) is 0 Å². The minimum Gasteiger partial charge on any atom is -0.376 e. The number of carbonyl (C=O) groups is 3. The Kier molecular flexibility index (Phi) is 6.92. The number of aliphatic hydroxyl groups is 5. The fourth-order valence-electron chi connectivity index (χ4n) is 2.66. The summed E-state index contributed by atoms with van der Waals surface area (Å²) >= 11 is 0. The molecule has 0 radical (unpaired) electrons. The van der Waals surface area contributed by atoms with Crippen molar-refractivity contribution in [3.8, 4) is 0 Å². The van der Waals surface area contributed by atoms with Crippen LogP contribution < -0.4 is 0 Å². The Labute approximate surface area is 155 Å². The summed E-state index contributed by atoms with van der Waals surface area (Å²) in [4.78, 5) is 36.2. The molecule has 0 saturated heterocycles. The molecule has 0 rings (SSSR count). The smallest absolute Gasteiger partial charge is 0.202 e. The predicted octanol–water partition coefficient (Wildman–Crippen LogP) is -4.33. The standard InChI is InChI=1S/C13H22O12S2/c1-6(14)11(19,9(17)26(4,22)23)13(21,8(3)16)12(20,7(2)15)10(18)27(5,24)25/h9-10,17-21H,1-5H3/t9?,10?,11-,12+,13?. The average Bonchev–Trinajstić information content (AvgIpc) is 2.48. The van der Waals surface area contributed by atoms with Crippen molar-refractivity contribution < 1.29 is 56.8 Å². The van der Waals surface area contributed by atoms with E-state index in [2.05, 4.69) is 0 Å². The van der Waals surface area contributed by atoms with Crippen LogP contribution in [0, 0.1) is 0 Å². The second kappa shape index (κ2) is 7.27. The maximum atomic E-state index is 12.1. The van der Waals surface area contributed by atoms with Crippen molar-refractivity contribution in [1.29, 1.82) is 0 Å². The van der Waals surface area contributed by atoms with Gasteiger partial charge in [-0.15, -0.1) is 0 Å². The van der Waals surface area contributed by atoms with Gasteiger partial charge < -0.3 is 25.5 Å². The fourth-order valence-corrected chi connectivity index (χ4v) is 4.57. The Balaban J connectivity index is 7.54. The molecule has 0 heterocycles. The molecule has 0 aliphatic carbocycles. The number of ketones is 3. The maximum Gasteiger partial charge on any atom is 0.202 e. The second-order valence-corrected chi connectivity index (χ2v) is 10.5. The van der Waals surface area contributed by atoms with Gasteiger partial charge in [0.15, 0.2) is 47.9 Å². The third kappa shape index (κ3) is 3.70. The lowest BCUT2D eigenvalue weighted by molar-refractivity contribution is -0.249. The number of hydrogen-bond donors (Lipinski definition) is 5. The molecule has 0 fully saturated rings. The summed E-state index contributed by atoms with van der Waals surface area (Å²) in [6.45, 7) is 1.16. The molecule has 12 nitrogen and oxygen atoms in total. The topological polar surface area (TPSA) is 221 Å². The second-order valence-electron chi connectivity index (χ2n) is 6.28. The van der Waals surface area contributed by atoms with E-state index in [4.69, 9.17) is 0 Å². The Morgan fingerprint density at radius 2 is 0.889 bits per heavy atom. The molecule has 0 spiro atoms. The van der Waals surface area contributed by atoms with E-state index in [9.17, 15) is 56.8 Å². The molecular formula is C13H22O12S2. The molecule has 3 unspecified atom stereocenters. The summed E-state index contributed by atoms with van der Waals surface area (Å²) < 4.78 is 46.7. The number of Topliss-reactive ketones (excluding diaryl/α,β-unsaturated/α-hetero) is 3. The predicted molar refractivity (Wildman–Crippen MR) is 88.6 cm³/mol. The van der Waals surface area contributed by atoms with Gasteiger partial charge in [0.1, 0.15) is 0 Å². The van der Waals surface area contributed by atoms with Crippen LogP contribution in [0.2, 0.25) is 0 Å². The van der Waals surface area contributed by atoms with E-state index in [0.717, 1.165) is 0 Å². The van der Waals surface area contributed by atoms with E-state index < -0.39 is 64.7 Å². The molecular weight excluding hydrogens is 412 g/mol. The molecule has 14 heteroatoms. The first-order valence-electron chi connectivity index (χ1n) is 7.08. The molecule has 0 aromatic heterocycles. The highest BCUT2D eigenvalue weighted by molar-refractivity contribution is 7.91. The highest BCUT2D eigenvalue weighted by Crippen LogP contribution is 2.42. The van der Waals surface area contributed by atoms with Crippen molar-refractivity contribution in [2.75, 3.05) is 12.5 Å². The zero-order chi connectivity index (χ0) is 22.4. The molecule has 0 saturated carbocycles. The lowest BCUT2D eigenvalue weighted by Gasteiger charge is -2.50. The molecule has 158 valence electrons. The third-order valence-corrected chi connectivity index (χ3v) is 6.52. The molecule has 0 aromatic rings. The van der Waals surface area contributed by atoms with Gasteiger partial charge in [0, 0.05) is 12.5 Å². The van der Waals surface area contributed by atoms with Crippen molar-refractivity contribution in [3.05, 3.63) is 0 Å². The van der Waals surface area contributed by atoms with Crippen LogP contribution in [-0.2, 0) is 34.1 Å². The minimum absolute atomic E-state index is 0.284. The van der Waals surface area contributed by atoms with Crippen LogP contribution in [0.25, 0.3) is 0 Å². The van der Waals surface area contributed by atoms with Crippen LogP contribution in [0.5, 0.6) is 0 Å². The molecule has 0 bridgehead atoms. The Hall–Kier alpha value is -1.29. The third-order valence-electron chi connectivity index (χ3n) is 4.21. The summed E-state index contributed by atoms with van der Waals surface area (Å²) in [5.41, 5.74) is -19.1. The number of carbonyl (C=O) groups excluding carboxylic acids is 3. The van der Waals surface area contributed by atoms with Crippen LogP contribution in [-0.4, -0.2) is 99.9 Å². The summed E-state index contributed by atoms with van der Waals surface area (Å²) in [6, 6.07) is 0. The molecule has 0 aliphatic rings. The van der Waals surface area contributed by atoms with Crippen molar-refractivity contribution in [1.82, 2.24) is 0 Å². The molecule has 0 aliphatic heterocycles. The van der Waals surface area contributed by atoms with E-state index in [-0.39, 0.29) is 12.5 Å². The molecule has 5 N–H and O–H groups in total. The maximum absolute atomic E-state index is 12.1. The average molecular weight is 434 g/mol. The summed E-state index contributed by atoms with van der Waals surface area (Å²) in [6.07, 6.45) is 0.567. The number of aliphatic hydroxyl groups excluding tert-OH is 2. The zero-order valence-corrected chi connectivity index (χ0v) is 16.7. The van der Waals surface area contributed by atoms with Crippen LogP contribution in [0.1, 0.15) is 20.8 Å². The number of hydrogen-bond acceptors (Lipinski definition) is 12. The van der Waals surface area contributed by atoms with Gasteiger partial charge in [-0.3, -0.25) is 14.4 Å². The minimum atomic E-state index is -4.85. The quantitative estimate of drug-likeness (QED) is 0.232. The van der Waals surface area contributed by atoms with Gasteiger partial charge in [-0.05, 0) is 20.8 Å². The molecule has 0 amide bonds. The highest BCUT2D eigenvalue weighted by atomic mass is 32.2. The molecule has 5 atom stereocenters. The first kappa shape index (κ1) is 25.7. The van der Waals surface area contributed by atoms with Gasteiger partial charge in [0.05, 0.1) is 0 Å². The normalized spacial score (nSPS) is 21.9. The van der Waals surface area contributed by atoms with Gasteiger partial charge >= 0.3 is 0 Å². The summed E-state index contributed by atoms with van der Waals surface area (Å²) in [5, 5.41) is 52.0. The Morgan fingerprint density at radius 1 is 0.667 bits per heavy atom. The van der Waals surface area contributed by atoms with Gasteiger partial charge in [0.25, 0.3) is 0 Å². The molecule has 27 heavy (non-hydrogen) atoms. The van der Waals surface area contributed by atoms with Crippen LogP contribution in [0.4, 0.5) is 0 Å². The fraction of sp³-hybridized carbons (Fsp3) is 0.769. The van der Waals surface area contributed by atoms with E-state index >= 15 is 0 Å². The van der Waals surface area contributed by atoms with E-state index in [0.29, 0.717) is 20.8 Å². The first-order valence-corrected chi connectivity index (χ1v) is 11.0. The highest BCUT2D eigenvalue weighted by Gasteiger charge is 2.76. The number of rotatable bonds is 9. The number of sulfone groups is 2. The van der Waals surface area contributed by atoms with Crippen LogP contribution >= 0.6 is 0 Å². The van der Waals surface area contributed by atoms with E-state index in [1.54, 1.807) is 0 Å². The largest absolute Gasteiger partial charge is 0.376 e. The lowest BCUT2D eigenvalue weighted by Crippen LogP contribution is -2.82. The van der Waals surface area contributed by atoms with Crippen molar-refractivity contribution in [2.45, 2.75) is 48.4 Å². The lowest BCUT2D eigenvalue weighted by atomic mass is 9.65. The first-order chi connectivity index (χ1) is 11.6. The van der Waals surface area contributed by atoms with Gasteiger partial charge in [-0.25, -0.2) is 16.8 Å². The summed E-state index contributed by atoms with van der Waals surface area (Å²) in [5.74, 6) is -5.53. The van der Waals surface area contributed by atoms with Crippen LogP contribution in [0.3, 0.4) is 0 Å². The van der Waals surface area contributed by atoms with Crippen molar-refractivity contribution >= 4 is 37.0 Å². The van der Waals surface area contributed by atoms with Crippen molar-refractivity contribution in [3.63, 3.8) is 0 Å². The van der Waals surface area contributed by atoms with Gasteiger partial charge in [0.2, 0.25) is 16.8 Å². The molecule has 0 aromatic carbocycles. The monoisotopic (exact) mass is 434 g/mol. The van der Waals surface area contributed by atoms with Gasteiger partial charge in [-0.2, -0.15) is 0 Å². The SMILES string of the molecule is CC(=O)C(O)([C@@](O)(C(C)=O)C(O)S(C)(=O)=O)[C@](O)(C(C)=O)C(O)S(C)(=O)=O. The van der Waals surface area contributed by atoms with E-state index in [1.165, 1.54) is 0 Å². The van der Waals surface area contributed by atoms with Crippen LogP contribution in [0.15, 0.2) is 0 Å². The van der Waals surface area contributed by atoms with Gasteiger partial charge in [-0.1, -0.05) is 0 Å². The zero-order valence-electron chi connectivity index (χ0n) is 15.1. The Bertz CT molecular complexity index is 796. The summed E-state index contributed by atoms with van der Waals surface area (Å²) in [7, 11) is -9.70. The Morgan fingerprint density at radius 3 is 1.00 bits per heavy atom.